The van der Waals surface area contributed by atoms with Gasteiger partial charge in [0.2, 0.25) is 0 Å². The van der Waals surface area contributed by atoms with Crippen LogP contribution in [0.25, 0.3) is 0 Å². The first kappa shape index (κ1) is 11.4. The minimum Gasteiger partial charge on any atom is -0.387 e. The second-order valence-corrected chi connectivity index (χ2v) is 3.86. The van der Waals surface area contributed by atoms with Crippen LogP contribution >= 0.6 is 0 Å². The molecule has 0 saturated heterocycles. The number of hydrogen-bond acceptors (Lipinski definition) is 3. The molecule has 14 heavy (non-hydrogen) atoms. The Morgan fingerprint density at radius 3 is 2.86 bits per heavy atom. The highest BCUT2D eigenvalue weighted by Crippen LogP contribution is 2.23. The summed E-state index contributed by atoms with van der Waals surface area (Å²) in [5.41, 5.74) is 0.802. The van der Waals surface area contributed by atoms with Crippen molar-refractivity contribution < 1.29 is 5.11 Å². The molecule has 0 amide bonds. The highest BCUT2D eigenvalue weighted by molar-refractivity contribution is 5.55. The first-order valence-electron chi connectivity index (χ1n) is 5.24. The normalized spacial score (nSPS) is 34.3. The number of nitrogens with zero attached hydrogens (tertiary/aromatic N) is 1. The number of rotatable bonds is 2. The van der Waals surface area contributed by atoms with Crippen LogP contribution in [0.1, 0.15) is 26.7 Å². The Morgan fingerprint density at radius 1 is 1.57 bits per heavy atom. The lowest BCUT2D eigenvalue weighted by atomic mass is 9.98. The van der Waals surface area contributed by atoms with Crippen molar-refractivity contribution in [2.24, 2.45) is 10.9 Å². The number of aliphatic hydroxyl groups is 1. The second kappa shape index (κ2) is 5.27. The summed E-state index contributed by atoms with van der Waals surface area (Å²) in [7, 11) is 1.95. The molecule has 0 aromatic carbocycles. The summed E-state index contributed by atoms with van der Waals surface area (Å²) in [4.78, 5) is 4.20. The minimum atomic E-state index is -0.396. The zero-order valence-corrected chi connectivity index (χ0v) is 9.20. The van der Waals surface area contributed by atoms with Gasteiger partial charge >= 0.3 is 0 Å². The summed E-state index contributed by atoms with van der Waals surface area (Å²) in [5, 5.41) is 13.0. The van der Waals surface area contributed by atoms with E-state index in [2.05, 4.69) is 17.2 Å². The van der Waals surface area contributed by atoms with Gasteiger partial charge in [0.15, 0.2) is 0 Å². The SMILES string of the molecule is CC=NC1=CC(NC)C(C)CCC1O. The summed E-state index contributed by atoms with van der Waals surface area (Å²) in [6.45, 7) is 4.07. The summed E-state index contributed by atoms with van der Waals surface area (Å²) in [5.74, 6) is 0.555. The maximum Gasteiger partial charge on any atom is 0.0957 e. The molecule has 1 aliphatic carbocycles. The zero-order valence-electron chi connectivity index (χ0n) is 9.20. The summed E-state index contributed by atoms with van der Waals surface area (Å²) in [6, 6.07) is 0.325. The molecule has 1 rings (SSSR count). The Bertz CT molecular complexity index is 235. The van der Waals surface area contributed by atoms with Crippen molar-refractivity contribution in [2.45, 2.75) is 38.8 Å². The van der Waals surface area contributed by atoms with E-state index < -0.39 is 6.10 Å². The lowest BCUT2D eigenvalue weighted by Gasteiger charge is -2.17. The third-order valence-corrected chi connectivity index (χ3v) is 2.81. The summed E-state index contributed by atoms with van der Waals surface area (Å²) in [6.07, 6.45) is 5.22. The maximum atomic E-state index is 9.80. The molecule has 0 radical (unpaired) electrons. The van der Waals surface area contributed by atoms with Crippen LogP contribution in [0.4, 0.5) is 0 Å². The average molecular weight is 196 g/mol. The molecule has 0 aromatic rings. The topological polar surface area (TPSA) is 44.6 Å². The second-order valence-electron chi connectivity index (χ2n) is 3.86. The predicted molar refractivity (Wildman–Crippen MR) is 59.5 cm³/mol. The Balaban J connectivity index is 2.85. The number of aliphatic imine (C=N–C) groups is 1. The molecule has 0 heterocycles. The van der Waals surface area contributed by atoms with E-state index in [1.54, 1.807) is 6.21 Å². The standard InChI is InChI=1S/C11H20N2O/c1-4-13-10-7-9(12-3)8(2)5-6-11(10)14/h4,7-9,11-12,14H,5-6H2,1-3H3. The van der Waals surface area contributed by atoms with Crippen molar-refractivity contribution in [2.75, 3.05) is 7.05 Å². The molecule has 0 aliphatic heterocycles. The molecule has 3 unspecified atom stereocenters. The Hall–Kier alpha value is -0.670. The van der Waals surface area contributed by atoms with Crippen LogP contribution in [0, 0.1) is 5.92 Å². The van der Waals surface area contributed by atoms with Crippen molar-refractivity contribution in [3.05, 3.63) is 11.8 Å². The van der Waals surface area contributed by atoms with Gasteiger partial charge in [0, 0.05) is 12.3 Å². The average Bonchev–Trinajstić information content (AvgIpc) is 2.31. The van der Waals surface area contributed by atoms with E-state index in [-0.39, 0.29) is 0 Å². The maximum absolute atomic E-state index is 9.80. The van der Waals surface area contributed by atoms with Crippen molar-refractivity contribution >= 4 is 6.21 Å². The van der Waals surface area contributed by atoms with Crippen molar-refractivity contribution in [1.29, 1.82) is 0 Å². The molecule has 0 saturated carbocycles. The molecule has 80 valence electrons. The van der Waals surface area contributed by atoms with Gasteiger partial charge in [-0.2, -0.15) is 0 Å². The lowest BCUT2D eigenvalue weighted by molar-refractivity contribution is 0.192. The molecule has 3 heteroatoms. The molecule has 0 spiro atoms. The third-order valence-electron chi connectivity index (χ3n) is 2.81. The predicted octanol–water partition coefficient (Wildman–Crippen LogP) is 1.34. The van der Waals surface area contributed by atoms with Crippen LogP contribution in [0.3, 0.4) is 0 Å². The van der Waals surface area contributed by atoms with Crippen LogP contribution < -0.4 is 5.32 Å². The number of likely N-dealkylation sites (N-methyl/N-ethyl adjacent to an activating group) is 1. The Morgan fingerprint density at radius 2 is 2.29 bits per heavy atom. The fourth-order valence-corrected chi connectivity index (χ4v) is 1.85. The molecule has 0 fully saturated rings. The molecule has 0 aromatic heterocycles. The first-order chi connectivity index (χ1) is 6.69. The highest BCUT2D eigenvalue weighted by atomic mass is 16.3. The van der Waals surface area contributed by atoms with E-state index in [4.69, 9.17) is 0 Å². The number of nitrogens with one attached hydrogen (secondary N) is 1. The van der Waals surface area contributed by atoms with E-state index in [0.29, 0.717) is 12.0 Å². The lowest BCUT2D eigenvalue weighted by Crippen LogP contribution is -2.29. The molecule has 1 aliphatic rings. The van der Waals surface area contributed by atoms with Gasteiger partial charge in [-0.1, -0.05) is 6.92 Å². The van der Waals surface area contributed by atoms with E-state index in [0.717, 1.165) is 18.5 Å². The van der Waals surface area contributed by atoms with Gasteiger partial charge < -0.3 is 10.4 Å². The van der Waals surface area contributed by atoms with Gasteiger partial charge in [-0.05, 0) is 38.8 Å². The van der Waals surface area contributed by atoms with Crippen LogP contribution in [0.2, 0.25) is 0 Å². The van der Waals surface area contributed by atoms with Gasteiger partial charge in [0.05, 0.1) is 11.8 Å². The fraction of sp³-hybridized carbons (Fsp3) is 0.727. The monoisotopic (exact) mass is 196 g/mol. The highest BCUT2D eigenvalue weighted by Gasteiger charge is 2.22. The fourth-order valence-electron chi connectivity index (χ4n) is 1.85. The van der Waals surface area contributed by atoms with Crippen molar-refractivity contribution in [1.82, 2.24) is 5.32 Å². The third kappa shape index (κ3) is 2.66. The van der Waals surface area contributed by atoms with Gasteiger partial charge in [0.25, 0.3) is 0 Å². The Kier molecular flexibility index (Phi) is 4.29. The van der Waals surface area contributed by atoms with Gasteiger partial charge in [-0.25, -0.2) is 0 Å². The number of hydrogen-bond donors (Lipinski definition) is 2. The summed E-state index contributed by atoms with van der Waals surface area (Å²) < 4.78 is 0. The van der Waals surface area contributed by atoms with Gasteiger partial charge in [-0.3, -0.25) is 4.99 Å². The smallest absolute Gasteiger partial charge is 0.0957 e. The summed E-state index contributed by atoms with van der Waals surface area (Å²) >= 11 is 0. The van der Waals surface area contributed by atoms with Crippen LogP contribution in [0.5, 0.6) is 0 Å². The molecular formula is C11H20N2O. The zero-order chi connectivity index (χ0) is 10.6. The molecule has 3 nitrogen and oxygen atoms in total. The molecule has 0 bridgehead atoms. The molecular weight excluding hydrogens is 176 g/mol. The molecule has 2 N–H and O–H groups in total. The molecule has 3 atom stereocenters. The Labute approximate surface area is 85.9 Å². The van der Waals surface area contributed by atoms with Gasteiger partial charge in [-0.15, -0.1) is 0 Å². The largest absolute Gasteiger partial charge is 0.387 e. The van der Waals surface area contributed by atoms with Crippen molar-refractivity contribution in [3.8, 4) is 0 Å². The first-order valence-corrected chi connectivity index (χ1v) is 5.24. The van der Waals surface area contributed by atoms with Crippen molar-refractivity contribution in [3.63, 3.8) is 0 Å². The van der Waals surface area contributed by atoms with Gasteiger partial charge in [0.1, 0.15) is 0 Å². The van der Waals surface area contributed by atoms with E-state index in [1.165, 1.54) is 0 Å². The van der Waals surface area contributed by atoms with E-state index in [9.17, 15) is 5.11 Å². The van der Waals surface area contributed by atoms with E-state index >= 15 is 0 Å². The van der Waals surface area contributed by atoms with Crippen LogP contribution in [-0.4, -0.2) is 30.5 Å². The minimum absolute atomic E-state index is 0.325. The quantitative estimate of drug-likeness (QED) is 0.655. The van der Waals surface area contributed by atoms with E-state index in [1.807, 2.05) is 20.0 Å². The number of aliphatic hydroxyl groups excluding tert-OH is 1. The van der Waals surface area contributed by atoms with Crippen LogP contribution in [-0.2, 0) is 0 Å². The van der Waals surface area contributed by atoms with Crippen LogP contribution in [0.15, 0.2) is 16.8 Å².